The number of para-hydroxylation sites is 2. The molecule has 1 N–H and O–H groups in total. The van der Waals surface area contributed by atoms with Crippen LogP contribution in [0, 0.1) is 5.92 Å². The normalized spacial score (nSPS) is 17.3. The Labute approximate surface area is 213 Å². The number of rotatable bonds is 7. The number of nitrogens with one attached hydrogen (secondary N) is 1. The Morgan fingerprint density at radius 3 is 2.42 bits per heavy atom. The van der Waals surface area contributed by atoms with Crippen molar-refractivity contribution < 1.29 is 23.8 Å². The van der Waals surface area contributed by atoms with E-state index in [1.807, 2.05) is 53.9 Å². The van der Waals surface area contributed by atoms with Gasteiger partial charge in [-0.1, -0.05) is 30.3 Å². The summed E-state index contributed by atoms with van der Waals surface area (Å²) >= 11 is 1.44. The van der Waals surface area contributed by atoms with Gasteiger partial charge < -0.3 is 19.5 Å². The molecule has 1 aliphatic heterocycles. The van der Waals surface area contributed by atoms with E-state index in [0.717, 1.165) is 22.6 Å². The molecule has 0 spiro atoms. The first-order chi connectivity index (χ1) is 17.4. The van der Waals surface area contributed by atoms with Crippen molar-refractivity contribution in [3.05, 3.63) is 70.7 Å². The maximum Gasteiger partial charge on any atom is 0.336 e. The molecule has 2 atom stereocenters. The molecule has 0 amide bonds. The van der Waals surface area contributed by atoms with Gasteiger partial charge in [-0.2, -0.15) is 0 Å². The molecule has 1 aliphatic rings. The van der Waals surface area contributed by atoms with Gasteiger partial charge in [0, 0.05) is 34.0 Å². The Balaban J connectivity index is 1.77. The van der Waals surface area contributed by atoms with E-state index in [4.69, 9.17) is 19.2 Å². The van der Waals surface area contributed by atoms with Gasteiger partial charge in [-0.15, -0.1) is 11.3 Å². The van der Waals surface area contributed by atoms with Crippen LogP contribution in [0.25, 0.3) is 11.3 Å². The fourth-order valence-corrected chi connectivity index (χ4v) is 5.21. The third kappa shape index (κ3) is 4.74. The van der Waals surface area contributed by atoms with Gasteiger partial charge in [0.15, 0.2) is 5.13 Å². The molecule has 3 aromatic rings. The standard InChI is InChI=1S/C27H27N3O5S/c1-15-22(25(31)34-4)24(23(16(2)28-15)26(32)35-5)18-11-6-8-12-19(18)29-27-30-20(14-36-27)17-10-7-9-13-21(17)33-3/h6-14,22,24H,1-5H3,(H,29,30). The molecule has 0 saturated heterocycles. The van der Waals surface area contributed by atoms with Gasteiger partial charge in [0.1, 0.15) is 11.7 Å². The number of aromatic nitrogens is 1. The Hall–Kier alpha value is -3.98. The number of benzene rings is 2. The third-order valence-corrected chi connectivity index (χ3v) is 6.87. The van der Waals surface area contributed by atoms with Crippen LogP contribution < -0.4 is 10.1 Å². The van der Waals surface area contributed by atoms with Crippen LogP contribution in [0.15, 0.2) is 70.2 Å². The maximum atomic E-state index is 12.9. The highest BCUT2D eigenvalue weighted by Crippen LogP contribution is 2.43. The summed E-state index contributed by atoms with van der Waals surface area (Å²) in [5, 5.41) is 5.98. The first-order valence-corrected chi connectivity index (χ1v) is 12.1. The summed E-state index contributed by atoms with van der Waals surface area (Å²) in [6.07, 6.45) is 0. The number of nitrogens with zero attached hydrogens (tertiary/aromatic N) is 2. The Morgan fingerprint density at radius 1 is 0.972 bits per heavy atom. The zero-order chi connectivity index (χ0) is 25.8. The molecule has 0 saturated carbocycles. The van der Waals surface area contributed by atoms with Crippen molar-refractivity contribution in [2.45, 2.75) is 19.8 Å². The van der Waals surface area contributed by atoms with E-state index in [1.54, 1.807) is 21.0 Å². The van der Waals surface area contributed by atoms with Gasteiger partial charge >= 0.3 is 11.9 Å². The Morgan fingerprint density at radius 2 is 1.69 bits per heavy atom. The van der Waals surface area contributed by atoms with E-state index in [0.29, 0.717) is 27.8 Å². The number of methoxy groups -OCH3 is 3. The summed E-state index contributed by atoms with van der Waals surface area (Å²) in [5.41, 5.74) is 4.50. The topological polar surface area (TPSA) is 99.1 Å². The first-order valence-electron chi connectivity index (χ1n) is 11.3. The highest BCUT2D eigenvalue weighted by Gasteiger charge is 2.43. The maximum absolute atomic E-state index is 12.9. The van der Waals surface area contributed by atoms with Gasteiger partial charge in [-0.25, -0.2) is 9.78 Å². The molecule has 2 aromatic carbocycles. The van der Waals surface area contributed by atoms with Gasteiger partial charge in [0.05, 0.1) is 32.6 Å². The predicted molar refractivity (Wildman–Crippen MR) is 140 cm³/mol. The SMILES string of the molecule is COC(=O)C1=C(C)N=C(C)C(C(=O)OC)C1c1ccccc1Nc1nc(-c2ccccc2OC)cs1. The van der Waals surface area contributed by atoms with E-state index < -0.39 is 23.8 Å². The number of anilines is 2. The zero-order valence-electron chi connectivity index (χ0n) is 20.7. The summed E-state index contributed by atoms with van der Waals surface area (Å²) in [7, 11) is 4.27. The minimum Gasteiger partial charge on any atom is -0.496 e. The smallest absolute Gasteiger partial charge is 0.336 e. The molecule has 0 fully saturated rings. The molecule has 0 aliphatic carbocycles. The number of esters is 2. The van der Waals surface area contributed by atoms with Crippen molar-refractivity contribution in [1.29, 1.82) is 0 Å². The van der Waals surface area contributed by atoms with E-state index in [9.17, 15) is 9.59 Å². The summed E-state index contributed by atoms with van der Waals surface area (Å²) in [4.78, 5) is 35.0. The third-order valence-electron chi connectivity index (χ3n) is 6.11. The van der Waals surface area contributed by atoms with Gasteiger partial charge in [0.25, 0.3) is 0 Å². The molecule has 2 heterocycles. The molecule has 4 rings (SSSR count). The summed E-state index contributed by atoms with van der Waals surface area (Å²) in [5.74, 6) is -1.71. The zero-order valence-corrected chi connectivity index (χ0v) is 21.5. The van der Waals surface area contributed by atoms with Crippen LogP contribution in [-0.2, 0) is 19.1 Å². The van der Waals surface area contributed by atoms with Crippen LogP contribution in [-0.4, -0.2) is 44.0 Å². The lowest BCUT2D eigenvalue weighted by Crippen LogP contribution is -2.36. The average Bonchev–Trinajstić information content (AvgIpc) is 3.36. The lowest BCUT2D eigenvalue weighted by molar-refractivity contribution is -0.143. The van der Waals surface area contributed by atoms with Crippen molar-refractivity contribution in [3.63, 3.8) is 0 Å². The molecule has 0 radical (unpaired) electrons. The molecule has 8 nitrogen and oxygen atoms in total. The summed E-state index contributed by atoms with van der Waals surface area (Å²) < 4.78 is 15.7. The van der Waals surface area contributed by atoms with Crippen molar-refractivity contribution >= 4 is 39.8 Å². The summed E-state index contributed by atoms with van der Waals surface area (Å²) in [6.45, 7) is 3.51. The molecule has 36 heavy (non-hydrogen) atoms. The molecular formula is C27H27N3O5S. The minimum atomic E-state index is -0.781. The van der Waals surface area contributed by atoms with Crippen LogP contribution in [0.3, 0.4) is 0 Å². The number of aliphatic imine (C=N–C) groups is 1. The Kier molecular flexibility index (Phi) is 7.49. The number of hydrogen-bond acceptors (Lipinski definition) is 9. The predicted octanol–water partition coefficient (Wildman–Crippen LogP) is 5.36. The molecule has 9 heteroatoms. The van der Waals surface area contributed by atoms with Crippen LogP contribution in [0.1, 0.15) is 25.3 Å². The fourth-order valence-electron chi connectivity index (χ4n) is 4.49. The van der Waals surface area contributed by atoms with Crippen LogP contribution >= 0.6 is 11.3 Å². The second-order valence-corrected chi connectivity index (χ2v) is 9.03. The van der Waals surface area contributed by atoms with Crippen molar-refractivity contribution in [3.8, 4) is 17.0 Å². The number of carbonyl (C=O) groups is 2. The number of carbonyl (C=O) groups excluding carboxylic acids is 2. The number of hydrogen-bond donors (Lipinski definition) is 1. The second kappa shape index (κ2) is 10.7. The van der Waals surface area contributed by atoms with Crippen LogP contribution in [0.4, 0.5) is 10.8 Å². The van der Waals surface area contributed by atoms with Crippen molar-refractivity contribution in [2.24, 2.45) is 10.9 Å². The number of allylic oxidation sites excluding steroid dienone is 1. The highest BCUT2D eigenvalue weighted by molar-refractivity contribution is 7.14. The molecule has 0 bridgehead atoms. The number of ether oxygens (including phenoxy) is 3. The second-order valence-electron chi connectivity index (χ2n) is 8.17. The molecular weight excluding hydrogens is 478 g/mol. The molecule has 1 aromatic heterocycles. The number of thiazole rings is 1. The highest BCUT2D eigenvalue weighted by atomic mass is 32.1. The van der Waals surface area contributed by atoms with E-state index in [-0.39, 0.29) is 0 Å². The first kappa shape index (κ1) is 25.1. The summed E-state index contributed by atoms with van der Waals surface area (Å²) in [6, 6.07) is 15.2. The largest absolute Gasteiger partial charge is 0.496 e. The lowest BCUT2D eigenvalue weighted by Gasteiger charge is -2.32. The van der Waals surface area contributed by atoms with Crippen LogP contribution in [0.2, 0.25) is 0 Å². The van der Waals surface area contributed by atoms with E-state index in [2.05, 4.69) is 10.3 Å². The minimum absolute atomic E-state index is 0.321. The Bertz CT molecular complexity index is 1360. The van der Waals surface area contributed by atoms with Gasteiger partial charge in [-0.05, 0) is 37.6 Å². The lowest BCUT2D eigenvalue weighted by atomic mass is 9.75. The average molecular weight is 506 g/mol. The fraction of sp³-hybridized carbons (Fsp3) is 0.259. The molecule has 186 valence electrons. The molecule has 2 unspecified atom stereocenters. The monoisotopic (exact) mass is 505 g/mol. The quantitative estimate of drug-likeness (QED) is 0.432. The van der Waals surface area contributed by atoms with E-state index >= 15 is 0 Å². The van der Waals surface area contributed by atoms with Crippen molar-refractivity contribution in [2.75, 3.05) is 26.6 Å². The van der Waals surface area contributed by atoms with E-state index in [1.165, 1.54) is 25.6 Å². The van der Waals surface area contributed by atoms with Gasteiger partial charge in [0.2, 0.25) is 0 Å². The van der Waals surface area contributed by atoms with Gasteiger partial charge in [-0.3, -0.25) is 9.79 Å². The van der Waals surface area contributed by atoms with Crippen molar-refractivity contribution in [1.82, 2.24) is 4.98 Å². The van der Waals surface area contributed by atoms with Crippen LogP contribution in [0.5, 0.6) is 5.75 Å².